The number of methoxy groups -OCH3 is 1. The second-order valence-corrected chi connectivity index (χ2v) is 11.0. The zero-order valence-corrected chi connectivity index (χ0v) is 24.0. The van der Waals surface area contributed by atoms with E-state index in [1.165, 1.54) is 5.56 Å². The third-order valence-electron chi connectivity index (χ3n) is 8.10. The monoisotopic (exact) mass is 562 g/mol. The fourth-order valence-corrected chi connectivity index (χ4v) is 5.86. The lowest BCUT2D eigenvalue weighted by Crippen LogP contribution is -2.26. The van der Waals surface area contributed by atoms with Crippen molar-refractivity contribution in [2.24, 2.45) is 0 Å². The molecule has 42 heavy (non-hydrogen) atoms. The second kappa shape index (κ2) is 11.2. The summed E-state index contributed by atoms with van der Waals surface area (Å²) in [6, 6.07) is 23.3. The number of carbonyl (C=O) groups excluding carboxylic acids is 2. The molecule has 8 heteroatoms. The van der Waals surface area contributed by atoms with Crippen molar-refractivity contribution in [2.75, 3.05) is 17.7 Å². The molecule has 2 amide bonds. The molecule has 0 bridgehead atoms. The number of nitrogens with two attached hydrogens (primary N) is 1. The molecule has 0 saturated carbocycles. The molecule has 0 fully saturated rings. The third kappa shape index (κ3) is 5.16. The van der Waals surface area contributed by atoms with Crippen LogP contribution in [0.1, 0.15) is 69.3 Å². The normalized spacial score (nSPS) is 16.4. The molecule has 1 aromatic heterocycles. The number of ether oxygens (including phenoxy) is 2. The van der Waals surface area contributed by atoms with Gasteiger partial charge in [-0.15, -0.1) is 0 Å². The molecule has 4 aromatic rings. The molecule has 0 aliphatic carbocycles. The Morgan fingerprint density at radius 1 is 0.952 bits per heavy atom. The summed E-state index contributed by atoms with van der Waals surface area (Å²) in [6.45, 7) is 4.93. The van der Waals surface area contributed by atoms with Crippen molar-refractivity contribution in [1.82, 2.24) is 9.88 Å². The molecule has 3 aromatic carbocycles. The van der Waals surface area contributed by atoms with Crippen LogP contribution in [0.5, 0.6) is 11.5 Å². The number of hydrogen-bond acceptors (Lipinski definition) is 6. The standard InChI is InChI=1S/C34H34N4O4/c1-21(9-10-23-7-5-4-6-8-23)42-31-16-26(12-14-30(31)41-3)38-22(2)27-13-11-24(15-29(27)34(38)40)19-37-20-25-18-36-32(35)17-28(25)33(37)39/h4-8,11-18,21-22H,9-10,19-20H2,1-3H3,(H2,35,36). The van der Waals surface area contributed by atoms with E-state index in [1.54, 1.807) is 29.2 Å². The van der Waals surface area contributed by atoms with Gasteiger partial charge in [-0.05, 0) is 67.6 Å². The van der Waals surface area contributed by atoms with Crippen molar-refractivity contribution in [1.29, 1.82) is 0 Å². The van der Waals surface area contributed by atoms with Gasteiger partial charge < -0.3 is 25.0 Å². The first kappa shape index (κ1) is 27.3. The van der Waals surface area contributed by atoms with Crippen LogP contribution in [0.3, 0.4) is 0 Å². The van der Waals surface area contributed by atoms with Crippen LogP contribution in [0, 0.1) is 0 Å². The average Bonchev–Trinajstić information content (AvgIpc) is 3.43. The minimum atomic E-state index is -0.162. The summed E-state index contributed by atoms with van der Waals surface area (Å²) in [4.78, 5) is 34.4. The van der Waals surface area contributed by atoms with Gasteiger partial charge in [0.15, 0.2) is 11.5 Å². The van der Waals surface area contributed by atoms with E-state index in [4.69, 9.17) is 15.2 Å². The van der Waals surface area contributed by atoms with Crippen molar-refractivity contribution in [3.05, 3.63) is 112 Å². The van der Waals surface area contributed by atoms with Gasteiger partial charge in [0.1, 0.15) is 5.82 Å². The van der Waals surface area contributed by atoms with Crippen LogP contribution in [0.4, 0.5) is 11.5 Å². The number of anilines is 2. The Bertz CT molecular complexity index is 1660. The molecule has 2 N–H and O–H groups in total. The number of nitrogens with zero attached hydrogens (tertiary/aromatic N) is 3. The SMILES string of the molecule is COc1ccc(N2C(=O)c3cc(CN4Cc5cnc(N)cc5C4=O)ccc3C2C)cc1OC(C)CCc1ccccc1. The number of rotatable bonds is 9. The number of hydrogen-bond donors (Lipinski definition) is 1. The Labute approximate surface area is 245 Å². The van der Waals surface area contributed by atoms with Gasteiger partial charge in [0.25, 0.3) is 11.8 Å². The molecular weight excluding hydrogens is 528 g/mol. The quantitative estimate of drug-likeness (QED) is 0.271. The molecule has 8 nitrogen and oxygen atoms in total. The molecule has 2 unspecified atom stereocenters. The lowest BCUT2D eigenvalue weighted by Gasteiger charge is -2.24. The van der Waals surface area contributed by atoms with Crippen molar-refractivity contribution in [3.8, 4) is 11.5 Å². The minimum Gasteiger partial charge on any atom is -0.493 e. The van der Waals surface area contributed by atoms with Gasteiger partial charge in [0.05, 0.1) is 19.3 Å². The summed E-state index contributed by atoms with van der Waals surface area (Å²) >= 11 is 0. The predicted molar refractivity (Wildman–Crippen MR) is 162 cm³/mol. The zero-order valence-electron chi connectivity index (χ0n) is 24.0. The minimum absolute atomic E-state index is 0.0486. The summed E-state index contributed by atoms with van der Waals surface area (Å²) in [5.74, 6) is 1.40. The highest BCUT2D eigenvalue weighted by Gasteiger charge is 2.36. The molecular formula is C34H34N4O4. The molecule has 2 aliphatic rings. The molecule has 214 valence electrons. The largest absolute Gasteiger partial charge is 0.493 e. The maximum Gasteiger partial charge on any atom is 0.259 e. The van der Waals surface area contributed by atoms with E-state index >= 15 is 0 Å². The van der Waals surface area contributed by atoms with Crippen molar-refractivity contribution in [3.63, 3.8) is 0 Å². The van der Waals surface area contributed by atoms with Crippen LogP contribution in [-0.4, -0.2) is 34.9 Å². The summed E-state index contributed by atoms with van der Waals surface area (Å²) < 4.78 is 11.9. The molecule has 6 rings (SSSR count). The van der Waals surface area contributed by atoms with E-state index < -0.39 is 0 Å². The maximum absolute atomic E-state index is 13.8. The zero-order chi connectivity index (χ0) is 29.4. The maximum atomic E-state index is 13.8. The van der Waals surface area contributed by atoms with E-state index in [2.05, 4.69) is 17.1 Å². The Hall–Kier alpha value is -4.85. The van der Waals surface area contributed by atoms with Crippen LogP contribution < -0.4 is 20.1 Å². The highest BCUT2D eigenvalue weighted by molar-refractivity contribution is 6.11. The van der Waals surface area contributed by atoms with Crippen molar-refractivity contribution >= 4 is 23.3 Å². The number of pyridine rings is 1. The molecule has 0 spiro atoms. The number of aryl methyl sites for hydroxylation is 1. The fraction of sp³-hybridized carbons (Fsp3) is 0.265. The summed E-state index contributed by atoms with van der Waals surface area (Å²) in [6.07, 6.45) is 3.36. The summed E-state index contributed by atoms with van der Waals surface area (Å²) in [5.41, 5.74) is 11.7. The topological polar surface area (TPSA) is 98.0 Å². The van der Waals surface area contributed by atoms with E-state index in [0.717, 1.165) is 35.2 Å². The highest BCUT2D eigenvalue weighted by atomic mass is 16.5. The van der Waals surface area contributed by atoms with E-state index in [9.17, 15) is 9.59 Å². The Morgan fingerprint density at radius 2 is 1.76 bits per heavy atom. The number of nitrogen functional groups attached to an aromatic ring is 1. The number of aromatic nitrogens is 1. The van der Waals surface area contributed by atoms with E-state index in [1.807, 2.05) is 68.4 Å². The van der Waals surface area contributed by atoms with Gasteiger partial charge in [0.2, 0.25) is 0 Å². The second-order valence-electron chi connectivity index (χ2n) is 11.0. The number of amides is 2. The van der Waals surface area contributed by atoms with Crippen molar-refractivity contribution in [2.45, 2.75) is 51.9 Å². The smallest absolute Gasteiger partial charge is 0.259 e. The van der Waals surface area contributed by atoms with Crippen LogP contribution in [-0.2, 0) is 19.5 Å². The van der Waals surface area contributed by atoms with Gasteiger partial charge in [0, 0.05) is 47.7 Å². The molecule has 3 heterocycles. The molecule has 2 atom stereocenters. The fourth-order valence-electron chi connectivity index (χ4n) is 5.86. The van der Waals surface area contributed by atoms with Crippen LogP contribution in [0.25, 0.3) is 0 Å². The third-order valence-corrected chi connectivity index (χ3v) is 8.10. The van der Waals surface area contributed by atoms with Gasteiger partial charge in [-0.1, -0.05) is 42.5 Å². The lowest BCUT2D eigenvalue weighted by molar-refractivity contribution is 0.0766. The first-order valence-electron chi connectivity index (χ1n) is 14.2. The van der Waals surface area contributed by atoms with Gasteiger partial charge in [-0.25, -0.2) is 4.98 Å². The number of fused-ring (bicyclic) bond motifs is 2. The van der Waals surface area contributed by atoms with E-state index in [-0.39, 0.29) is 24.0 Å². The Morgan fingerprint density at radius 3 is 2.55 bits per heavy atom. The summed E-state index contributed by atoms with van der Waals surface area (Å²) in [5, 5.41) is 0. The lowest BCUT2D eigenvalue weighted by atomic mass is 10.0. The number of benzene rings is 3. The Kier molecular flexibility index (Phi) is 7.29. The number of carbonyl (C=O) groups is 2. The average molecular weight is 563 g/mol. The Balaban J connectivity index is 1.18. The molecule has 0 saturated heterocycles. The van der Waals surface area contributed by atoms with Gasteiger partial charge >= 0.3 is 0 Å². The van der Waals surface area contributed by atoms with Gasteiger partial charge in [-0.3, -0.25) is 9.59 Å². The summed E-state index contributed by atoms with van der Waals surface area (Å²) in [7, 11) is 1.62. The van der Waals surface area contributed by atoms with Gasteiger partial charge in [-0.2, -0.15) is 0 Å². The van der Waals surface area contributed by atoms with Crippen LogP contribution in [0.15, 0.2) is 79.0 Å². The van der Waals surface area contributed by atoms with Crippen LogP contribution >= 0.6 is 0 Å². The predicted octanol–water partition coefficient (Wildman–Crippen LogP) is 5.95. The van der Waals surface area contributed by atoms with Crippen LogP contribution in [0.2, 0.25) is 0 Å². The van der Waals surface area contributed by atoms with Crippen molar-refractivity contribution < 1.29 is 19.1 Å². The van der Waals surface area contributed by atoms with E-state index in [0.29, 0.717) is 41.5 Å². The first-order valence-corrected chi connectivity index (χ1v) is 14.2. The molecule has 0 radical (unpaired) electrons. The first-order chi connectivity index (χ1) is 20.3. The molecule has 2 aliphatic heterocycles. The highest BCUT2D eigenvalue weighted by Crippen LogP contribution is 2.41.